The molecule has 0 radical (unpaired) electrons. The first-order chi connectivity index (χ1) is 10.0. The van der Waals surface area contributed by atoms with Crippen LogP contribution in [0.15, 0.2) is 24.3 Å². The molecule has 110 valence electrons. The first kappa shape index (κ1) is 14.2. The molecule has 1 N–H and O–H groups in total. The molecule has 2 amide bonds. The minimum absolute atomic E-state index is 0.0650. The minimum atomic E-state index is -0.749. The molecule has 1 aliphatic carbocycles. The van der Waals surface area contributed by atoms with Gasteiger partial charge in [-0.15, -0.1) is 0 Å². The number of imide groups is 1. The van der Waals surface area contributed by atoms with Crippen LogP contribution in [0.4, 0.5) is 10.1 Å². The average Bonchev–Trinajstić information content (AvgIpc) is 2.72. The maximum Gasteiger partial charge on any atom is 0.241 e. The van der Waals surface area contributed by atoms with Crippen molar-refractivity contribution in [2.24, 2.45) is 11.8 Å². The van der Waals surface area contributed by atoms with Crippen LogP contribution in [0, 0.1) is 17.7 Å². The summed E-state index contributed by atoms with van der Waals surface area (Å²) in [6.45, 7) is -0.394. The van der Waals surface area contributed by atoms with Crippen molar-refractivity contribution >= 4 is 29.1 Å². The number of fused-ring (bicyclic) bond motifs is 1. The number of halogens is 2. The standard InChI is InChI=1S/C15H13ClFNO3/c16-11-6-12(17)13(5-8(11)7-19)18-14(20)9-3-1-2-4-10(9)15(18)21/h1,3,5-6,9-10,19H,2,4,7H2. The van der Waals surface area contributed by atoms with E-state index >= 15 is 0 Å². The molecule has 4 nitrogen and oxygen atoms in total. The molecule has 2 unspecified atom stereocenters. The Balaban J connectivity index is 2.07. The first-order valence-electron chi connectivity index (χ1n) is 6.68. The van der Waals surface area contributed by atoms with Crippen LogP contribution >= 0.6 is 11.6 Å². The Bertz CT molecular complexity index is 659. The largest absolute Gasteiger partial charge is 0.392 e. The van der Waals surface area contributed by atoms with E-state index in [1.165, 1.54) is 6.07 Å². The van der Waals surface area contributed by atoms with Crippen molar-refractivity contribution in [2.75, 3.05) is 4.90 Å². The summed E-state index contributed by atoms with van der Waals surface area (Å²) < 4.78 is 14.1. The lowest BCUT2D eigenvalue weighted by atomic mass is 9.86. The van der Waals surface area contributed by atoms with Gasteiger partial charge in [-0.3, -0.25) is 9.59 Å². The van der Waals surface area contributed by atoms with E-state index in [-0.39, 0.29) is 22.2 Å². The SMILES string of the molecule is O=C1C2C=CCCC2C(=O)N1c1cc(CO)c(Cl)cc1F. The van der Waals surface area contributed by atoms with Gasteiger partial charge in [-0.1, -0.05) is 23.8 Å². The van der Waals surface area contributed by atoms with Gasteiger partial charge in [0.05, 0.1) is 24.1 Å². The maximum absolute atomic E-state index is 14.1. The number of carbonyl (C=O) groups is 2. The molecule has 2 atom stereocenters. The fourth-order valence-corrected chi connectivity index (χ4v) is 3.11. The monoisotopic (exact) mass is 309 g/mol. The highest BCUT2D eigenvalue weighted by Gasteiger charge is 2.48. The van der Waals surface area contributed by atoms with Crippen LogP contribution in [0.3, 0.4) is 0 Å². The molecule has 1 aromatic rings. The van der Waals surface area contributed by atoms with Crippen molar-refractivity contribution in [2.45, 2.75) is 19.4 Å². The fourth-order valence-electron chi connectivity index (χ4n) is 2.90. The van der Waals surface area contributed by atoms with Gasteiger partial charge in [-0.05, 0) is 30.5 Å². The fraction of sp³-hybridized carbons (Fsp3) is 0.333. The molecule has 1 aliphatic heterocycles. The highest BCUT2D eigenvalue weighted by Crippen LogP contribution is 2.39. The third kappa shape index (κ3) is 2.17. The zero-order valence-electron chi connectivity index (χ0n) is 11.1. The van der Waals surface area contributed by atoms with Gasteiger partial charge < -0.3 is 5.11 Å². The van der Waals surface area contributed by atoms with Crippen LogP contribution in [-0.2, 0) is 16.2 Å². The summed E-state index contributed by atoms with van der Waals surface area (Å²) in [6, 6.07) is 2.27. The Morgan fingerprint density at radius 1 is 1.33 bits per heavy atom. The summed E-state index contributed by atoms with van der Waals surface area (Å²) in [5.74, 6) is -2.50. The molecular weight excluding hydrogens is 297 g/mol. The van der Waals surface area contributed by atoms with Gasteiger partial charge in [0.2, 0.25) is 11.8 Å². The number of aliphatic hydroxyl groups is 1. The number of carbonyl (C=O) groups excluding carboxylic acids is 2. The Morgan fingerprint density at radius 3 is 2.76 bits per heavy atom. The molecule has 2 aliphatic rings. The molecule has 21 heavy (non-hydrogen) atoms. The van der Waals surface area contributed by atoms with Crippen LogP contribution in [0.5, 0.6) is 0 Å². The zero-order valence-corrected chi connectivity index (χ0v) is 11.8. The second-order valence-electron chi connectivity index (χ2n) is 5.20. The Morgan fingerprint density at radius 2 is 2.10 bits per heavy atom. The Kier molecular flexibility index (Phi) is 3.55. The summed E-state index contributed by atoms with van der Waals surface area (Å²) >= 11 is 5.80. The van der Waals surface area contributed by atoms with Crippen molar-refractivity contribution in [1.82, 2.24) is 0 Å². The van der Waals surface area contributed by atoms with Crippen molar-refractivity contribution in [3.63, 3.8) is 0 Å². The number of rotatable bonds is 2. The predicted molar refractivity (Wildman–Crippen MR) is 75.2 cm³/mol. The van der Waals surface area contributed by atoms with Crippen LogP contribution in [0.1, 0.15) is 18.4 Å². The summed E-state index contributed by atoms with van der Waals surface area (Å²) in [4.78, 5) is 25.7. The number of anilines is 1. The van der Waals surface area contributed by atoms with E-state index in [1.807, 2.05) is 6.08 Å². The van der Waals surface area contributed by atoms with Crippen LogP contribution < -0.4 is 4.90 Å². The van der Waals surface area contributed by atoms with Crippen LogP contribution in [0.2, 0.25) is 5.02 Å². The molecule has 1 saturated heterocycles. The molecule has 3 rings (SSSR count). The quantitative estimate of drug-likeness (QED) is 0.674. The van der Waals surface area contributed by atoms with Crippen molar-refractivity contribution in [1.29, 1.82) is 0 Å². The van der Waals surface area contributed by atoms with E-state index in [0.717, 1.165) is 17.4 Å². The van der Waals surface area contributed by atoms with E-state index in [2.05, 4.69) is 0 Å². The second-order valence-corrected chi connectivity index (χ2v) is 5.61. The van der Waals surface area contributed by atoms with Crippen molar-refractivity contribution < 1.29 is 19.1 Å². The number of nitrogens with zero attached hydrogens (tertiary/aromatic N) is 1. The lowest BCUT2D eigenvalue weighted by molar-refractivity contribution is -0.122. The molecule has 1 heterocycles. The lowest BCUT2D eigenvalue weighted by Gasteiger charge is -2.17. The van der Waals surface area contributed by atoms with Gasteiger partial charge in [-0.2, -0.15) is 0 Å². The van der Waals surface area contributed by atoms with Crippen LogP contribution in [-0.4, -0.2) is 16.9 Å². The zero-order chi connectivity index (χ0) is 15.1. The van der Waals surface area contributed by atoms with Gasteiger partial charge in [-0.25, -0.2) is 9.29 Å². The third-order valence-corrected chi connectivity index (χ3v) is 4.34. The van der Waals surface area contributed by atoms with E-state index in [0.29, 0.717) is 6.42 Å². The average molecular weight is 310 g/mol. The molecule has 1 fully saturated rings. The molecule has 6 heteroatoms. The molecular formula is C15H13ClFNO3. The number of aliphatic hydroxyl groups excluding tert-OH is 1. The lowest BCUT2D eigenvalue weighted by Crippen LogP contribution is -2.31. The Hall–Kier alpha value is -1.72. The summed E-state index contributed by atoms with van der Waals surface area (Å²) in [5.41, 5.74) is 0.139. The summed E-state index contributed by atoms with van der Waals surface area (Å²) in [7, 11) is 0. The van der Waals surface area contributed by atoms with Crippen LogP contribution in [0.25, 0.3) is 0 Å². The number of hydrogen-bond donors (Lipinski definition) is 1. The molecule has 0 bridgehead atoms. The second kappa shape index (κ2) is 5.24. The summed E-state index contributed by atoms with van der Waals surface area (Å²) in [6.07, 6.45) is 4.91. The molecule has 0 aromatic heterocycles. The number of hydrogen-bond acceptors (Lipinski definition) is 3. The Labute approximate surface area is 125 Å². The van der Waals surface area contributed by atoms with Gasteiger partial charge in [0.1, 0.15) is 5.82 Å². The van der Waals surface area contributed by atoms with E-state index < -0.39 is 30.2 Å². The van der Waals surface area contributed by atoms with Gasteiger partial charge >= 0.3 is 0 Å². The van der Waals surface area contributed by atoms with E-state index in [4.69, 9.17) is 11.6 Å². The topological polar surface area (TPSA) is 57.6 Å². The normalized spacial score (nSPS) is 24.6. The van der Waals surface area contributed by atoms with Crippen molar-refractivity contribution in [3.05, 3.63) is 40.7 Å². The smallest absolute Gasteiger partial charge is 0.241 e. The summed E-state index contributed by atoms with van der Waals surface area (Å²) in [5, 5.41) is 9.27. The predicted octanol–water partition coefficient (Wildman–Crippen LogP) is 2.43. The number of benzene rings is 1. The molecule has 1 aromatic carbocycles. The number of allylic oxidation sites excluding steroid dienone is 1. The van der Waals surface area contributed by atoms with Crippen molar-refractivity contribution in [3.8, 4) is 0 Å². The first-order valence-corrected chi connectivity index (χ1v) is 7.05. The van der Waals surface area contributed by atoms with E-state index in [1.54, 1.807) is 6.08 Å². The molecule has 0 spiro atoms. The van der Waals surface area contributed by atoms with Gasteiger partial charge in [0, 0.05) is 5.02 Å². The van der Waals surface area contributed by atoms with Gasteiger partial charge in [0.25, 0.3) is 0 Å². The minimum Gasteiger partial charge on any atom is -0.392 e. The number of amides is 2. The highest BCUT2D eigenvalue weighted by molar-refractivity contribution is 6.31. The highest BCUT2D eigenvalue weighted by atomic mass is 35.5. The molecule has 0 saturated carbocycles. The van der Waals surface area contributed by atoms with Gasteiger partial charge in [0.15, 0.2) is 0 Å². The third-order valence-electron chi connectivity index (χ3n) is 3.99. The van der Waals surface area contributed by atoms with E-state index in [9.17, 15) is 19.1 Å². The maximum atomic E-state index is 14.1.